The highest BCUT2D eigenvalue weighted by Crippen LogP contribution is 2.25. The molecule has 82 valence electrons. The van der Waals surface area contributed by atoms with Gasteiger partial charge >= 0.3 is 5.97 Å². The number of hydrogen-bond donors (Lipinski definition) is 2. The molecule has 0 aliphatic heterocycles. The van der Waals surface area contributed by atoms with Gasteiger partial charge in [0.2, 0.25) is 0 Å². The van der Waals surface area contributed by atoms with E-state index in [1.54, 1.807) is 0 Å². The van der Waals surface area contributed by atoms with E-state index in [1.807, 2.05) is 0 Å². The van der Waals surface area contributed by atoms with E-state index in [0.717, 1.165) is 12.1 Å². The van der Waals surface area contributed by atoms with Gasteiger partial charge in [0.15, 0.2) is 11.6 Å². The molecule has 0 saturated carbocycles. The minimum atomic E-state index is -1.19. The topological polar surface area (TPSA) is 57.5 Å². The zero-order valence-corrected chi connectivity index (χ0v) is 8.00. The van der Waals surface area contributed by atoms with Crippen molar-refractivity contribution in [2.45, 2.75) is 13.3 Å². The molecule has 0 aliphatic carbocycles. The van der Waals surface area contributed by atoms with E-state index in [0.29, 0.717) is 0 Å². The summed E-state index contributed by atoms with van der Waals surface area (Å²) < 4.78 is 25.9. The molecule has 3 nitrogen and oxygen atoms in total. The number of rotatable bonds is 3. The number of carboxylic acids is 1. The summed E-state index contributed by atoms with van der Waals surface area (Å²) in [5.41, 5.74) is -0.301. The smallest absolute Gasteiger partial charge is 0.306 e. The second kappa shape index (κ2) is 4.25. The van der Waals surface area contributed by atoms with Gasteiger partial charge in [0.25, 0.3) is 0 Å². The van der Waals surface area contributed by atoms with E-state index in [9.17, 15) is 18.7 Å². The Balaban J connectivity index is 3.03. The predicted molar refractivity (Wildman–Crippen MR) is 48.5 cm³/mol. The van der Waals surface area contributed by atoms with Crippen molar-refractivity contribution >= 4 is 5.97 Å². The van der Waals surface area contributed by atoms with Crippen molar-refractivity contribution in [3.63, 3.8) is 0 Å². The Bertz CT molecular complexity index is 390. The molecule has 1 aromatic rings. The number of carbonyl (C=O) groups is 1. The molecule has 0 aromatic heterocycles. The molecule has 1 rings (SSSR count). The van der Waals surface area contributed by atoms with Crippen LogP contribution in [-0.4, -0.2) is 16.2 Å². The van der Waals surface area contributed by atoms with Crippen LogP contribution in [0.4, 0.5) is 8.78 Å². The van der Waals surface area contributed by atoms with Crippen molar-refractivity contribution in [1.29, 1.82) is 0 Å². The predicted octanol–water partition coefficient (Wildman–Crippen LogP) is 1.93. The van der Waals surface area contributed by atoms with Gasteiger partial charge in [0.05, 0.1) is 5.92 Å². The maximum Gasteiger partial charge on any atom is 0.306 e. The van der Waals surface area contributed by atoms with Gasteiger partial charge in [0, 0.05) is 5.56 Å². The number of hydrogen-bond acceptors (Lipinski definition) is 2. The molecule has 0 spiro atoms. The molecule has 0 bridgehead atoms. The molecule has 0 aliphatic rings. The van der Waals surface area contributed by atoms with E-state index >= 15 is 0 Å². The average Bonchev–Trinajstić information content (AvgIpc) is 2.18. The van der Waals surface area contributed by atoms with E-state index in [1.165, 1.54) is 6.92 Å². The maximum absolute atomic E-state index is 13.2. The van der Waals surface area contributed by atoms with Crippen molar-refractivity contribution in [2.75, 3.05) is 0 Å². The quantitative estimate of drug-likeness (QED) is 0.811. The van der Waals surface area contributed by atoms with Gasteiger partial charge < -0.3 is 10.2 Å². The van der Waals surface area contributed by atoms with Gasteiger partial charge in [-0.25, -0.2) is 8.78 Å². The lowest BCUT2D eigenvalue weighted by molar-refractivity contribution is -0.141. The van der Waals surface area contributed by atoms with Gasteiger partial charge in [-0.2, -0.15) is 0 Å². The van der Waals surface area contributed by atoms with Crippen LogP contribution in [0.1, 0.15) is 12.5 Å². The van der Waals surface area contributed by atoms with Crippen LogP contribution >= 0.6 is 0 Å². The SMILES string of the molecule is CC(Cc1c(O)ccc(F)c1F)C(=O)O. The molecule has 2 N–H and O–H groups in total. The normalized spacial score (nSPS) is 12.5. The molecule has 0 saturated heterocycles. The fraction of sp³-hybridized carbons (Fsp3) is 0.300. The van der Waals surface area contributed by atoms with Crippen LogP contribution in [0.25, 0.3) is 0 Å². The molecule has 0 heterocycles. The summed E-state index contributed by atoms with van der Waals surface area (Å²) in [6.45, 7) is 1.35. The molecule has 1 atom stereocenters. The van der Waals surface area contributed by atoms with Crippen LogP contribution in [0.15, 0.2) is 12.1 Å². The number of aliphatic carboxylic acids is 1. The first kappa shape index (κ1) is 11.4. The second-order valence-corrected chi connectivity index (χ2v) is 3.30. The molecular weight excluding hydrogens is 206 g/mol. The molecule has 5 heteroatoms. The molecule has 15 heavy (non-hydrogen) atoms. The van der Waals surface area contributed by atoms with Crippen molar-refractivity contribution in [3.8, 4) is 5.75 Å². The number of benzene rings is 1. The van der Waals surface area contributed by atoms with Gasteiger partial charge in [-0.05, 0) is 18.6 Å². The van der Waals surface area contributed by atoms with Gasteiger partial charge in [-0.3, -0.25) is 4.79 Å². The number of phenolic OH excluding ortho intramolecular Hbond substituents is 1. The first-order chi connectivity index (χ1) is 6.93. The number of aromatic hydroxyl groups is 1. The highest BCUT2D eigenvalue weighted by Gasteiger charge is 2.19. The van der Waals surface area contributed by atoms with Crippen LogP contribution in [0.2, 0.25) is 0 Å². The second-order valence-electron chi connectivity index (χ2n) is 3.30. The van der Waals surface area contributed by atoms with Crippen LogP contribution in [0.3, 0.4) is 0 Å². The van der Waals surface area contributed by atoms with Gasteiger partial charge in [0.1, 0.15) is 5.75 Å². The monoisotopic (exact) mass is 216 g/mol. The molecule has 1 aromatic carbocycles. The summed E-state index contributed by atoms with van der Waals surface area (Å²) in [4.78, 5) is 10.5. The molecule has 0 fully saturated rings. The maximum atomic E-state index is 13.2. The highest BCUT2D eigenvalue weighted by atomic mass is 19.2. The van der Waals surface area contributed by atoms with E-state index in [2.05, 4.69) is 0 Å². The first-order valence-corrected chi connectivity index (χ1v) is 4.32. The highest BCUT2D eigenvalue weighted by molar-refractivity contribution is 5.70. The Morgan fingerprint density at radius 3 is 2.60 bits per heavy atom. The number of phenols is 1. The average molecular weight is 216 g/mol. The van der Waals surface area contributed by atoms with Crippen molar-refractivity contribution < 1.29 is 23.8 Å². The zero-order valence-electron chi connectivity index (χ0n) is 8.00. The first-order valence-electron chi connectivity index (χ1n) is 4.32. The van der Waals surface area contributed by atoms with Crippen LogP contribution in [0, 0.1) is 17.6 Å². The summed E-state index contributed by atoms with van der Waals surface area (Å²) in [6.07, 6.45) is -0.245. The molecule has 0 radical (unpaired) electrons. The lowest BCUT2D eigenvalue weighted by Crippen LogP contribution is -2.13. The molecular formula is C10H10F2O3. The Morgan fingerprint density at radius 2 is 2.07 bits per heavy atom. The largest absolute Gasteiger partial charge is 0.508 e. The summed E-state index contributed by atoms with van der Waals surface area (Å²) in [7, 11) is 0. The fourth-order valence-electron chi connectivity index (χ4n) is 1.17. The standard InChI is InChI=1S/C10H10F2O3/c1-5(10(14)15)4-6-8(13)3-2-7(11)9(6)12/h2-3,5,13H,4H2,1H3,(H,14,15). The fourth-order valence-corrected chi connectivity index (χ4v) is 1.17. The summed E-state index contributed by atoms with van der Waals surface area (Å²) in [5, 5.41) is 17.8. The van der Waals surface area contributed by atoms with Crippen molar-refractivity contribution in [2.24, 2.45) is 5.92 Å². The Hall–Kier alpha value is -1.65. The van der Waals surface area contributed by atoms with Crippen molar-refractivity contribution in [1.82, 2.24) is 0 Å². The third-order valence-electron chi connectivity index (χ3n) is 2.10. The van der Waals surface area contributed by atoms with E-state index < -0.39 is 29.3 Å². The van der Waals surface area contributed by atoms with Crippen LogP contribution in [0.5, 0.6) is 5.75 Å². The lowest BCUT2D eigenvalue weighted by Gasteiger charge is -2.09. The third kappa shape index (κ3) is 2.43. The molecule has 0 amide bonds. The van der Waals surface area contributed by atoms with E-state index in [-0.39, 0.29) is 12.0 Å². The van der Waals surface area contributed by atoms with Gasteiger partial charge in [-0.15, -0.1) is 0 Å². The number of halogens is 2. The van der Waals surface area contributed by atoms with E-state index in [4.69, 9.17) is 5.11 Å². The zero-order chi connectivity index (χ0) is 11.6. The summed E-state index contributed by atoms with van der Waals surface area (Å²) >= 11 is 0. The Labute approximate surface area is 85.0 Å². The van der Waals surface area contributed by atoms with Gasteiger partial charge in [-0.1, -0.05) is 6.92 Å². The van der Waals surface area contributed by atoms with Crippen LogP contribution in [-0.2, 0) is 11.2 Å². The molecule has 1 unspecified atom stereocenters. The minimum absolute atomic E-state index is 0.245. The van der Waals surface area contributed by atoms with Crippen LogP contribution < -0.4 is 0 Å². The minimum Gasteiger partial charge on any atom is -0.508 e. The number of carboxylic acid groups (broad SMARTS) is 1. The lowest BCUT2D eigenvalue weighted by atomic mass is 10.00. The summed E-state index contributed by atoms with van der Waals surface area (Å²) in [6, 6.07) is 1.79. The Kier molecular flexibility index (Phi) is 3.24. The van der Waals surface area contributed by atoms with Crippen molar-refractivity contribution in [3.05, 3.63) is 29.3 Å². The Morgan fingerprint density at radius 1 is 1.47 bits per heavy atom. The third-order valence-corrected chi connectivity index (χ3v) is 2.10. The summed E-state index contributed by atoms with van der Waals surface area (Å²) in [5.74, 6) is -4.73.